The molecule has 142 valence electrons. The average Bonchev–Trinajstić information content (AvgIpc) is 2.82. The Kier molecular flexibility index (Phi) is 4.70. The number of aryl methyl sites for hydroxylation is 3. The van der Waals surface area contributed by atoms with E-state index in [1.807, 2.05) is 63.2 Å². The third kappa shape index (κ3) is 3.28. The van der Waals surface area contributed by atoms with Crippen LogP contribution in [0.2, 0.25) is 0 Å². The molecule has 0 fully saturated rings. The van der Waals surface area contributed by atoms with E-state index in [0.29, 0.717) is 5.69 Å². The molecule has 0 unspecified atom stereocenters. The summed E-state index contributed by atoms with van der Waals surface area (Å²) in [7, 11) is 7.26. The van der Waals surface area contributed by atoms with E-state index in [-0.39, 0.29) is 11.7 Å². The molecule has 0 saturated heterocycles. The van der Waals surface area contributed by atoms with Gasteiger partial charge in [-0.3, -0.25) is 9.13 Å². The van der Waals surface area contributed by atoms with Crippen LogP contribution in [0, 0.1) is 13.8 Å². The molecule has 0 bridgehead atoms. The molecule has 0 radical (unpaired) electrons. The van der Waals surface area contributed by atoms with Crippen molar-refractivity contribution in [1.82, 2.24) is 9.13 Å². The summed E-state index contributed by atoms with van der Waals surface area (Å²) in [5.41, 5.74) is 5.83. The number of urea groups is 1. The summed E-state index contributed by atoms with van der Waals surface area (Å²) in [5.74, 6) is 0. The lowest BCUT2D eigenvalue weighted by atomic mass is 10.1. The molecule has 0 atom stereocenters. The largest absolute Gasteiger partial charge is 0.376 e. The van der Waals surface area contributed by atoms with Crippen LogP contribution in [0.15, 0.2) is 35.1 Å². The molecule has 1 aromatic heterocycles. The molecular formula is C20H25N5O2. The van der Waals surface area contributed by atoms with Gasteiger partial charge in [-0.15, -0.1) is 0 Å². The van der Waals surface area contributed by atoms with E-state index in [0.717, 1.165) is 33.5 Å². The van der Waals surface area contributed by atoms with Gasteiger partial charge in [0.1, 0.15) is 0 Å². The number of hydrogen-bond donors (Lipinski definition) is 2. The van der Waals surface area contributed by atoms with Crippen molar-refractivity contribution in [3.63, 3.8) is 0 Å². The molecule has 2 aromatic carbocycles. The summed E-state index contributed by atoms with van der Waals surface area (Å²) >= 11 is 0. The molecular weight excluding hydrogens is 342 g/mol. The fourth-order valence-corrected chi connectivity index (χ4v) is 3.17. The van der Waals surface area contributed by atoms with Gasteiger partial charge in [0.05, 0.1) is 22.4 Å². The maximum Gasteiger partial charge on any atom is 0.328 e. The summed E-state index contributed by atoms with van der Waals surface area (Å²) in [6.07, 6.45) is 0. The fraction of sp³-hybridized carbons (Fsp3) is 0.300. The molecule has 3 aromatic rings. The molecule has 7 nitrogen and oxygen atoms in total. The summed E-state index contributed by atoms with van der Waals surface area (Å²) in [6.45, 7) is 3.98. The van der Waals surface area contributed by atoms with Gasteiger partial charge in [0.15, 0.2) is 0 Å². The normalized spacial score (nSPS) is 10.9. The number of nitrogens with zero attached hydrogens (tertiary/aromatic N) is 3. The van der Waals surface area contributed by atoms with Gasteiger partial charge in [-0.05, 0) is 43.2 Å². The van der Waals surface area contributed by atoms with Crippen LogP contribution in [0.5, 0.6) is 0 Å². The lowest BCUT2D eigenvalue weighted by Crippen LogP contribution is -2.22. The van der Waals surface area contributed by atoms with Crippen molar-refractivity contribution in [2.24, 2.45) is 14.1 Å². The van der Waals surface area contributed by atoms with Crippen LogP contribution in [0.4, 0.5) is 21.9 Å². The van der Waals surface area contributed by atoms with Gasteiger partial charge >= 0.3 is 11.7 Å². The number of carbonyl (C=O) groups is 1. The van der Waals surface area contributed by atoms with Crippen LogP contribution in [0.1, 0.15) is 11.1 Å². The monoisotopic (exact) mass is 367 g/mol. The number of hydrogen-bond acceptors (Lipinski definition) is 3. The Bertz CT molecular complexity index is 1090. The van der Waals surface area contributed by atoms with E-state index in [1.54, 1.807) is 23.2 Å². The third-order valence-corrected chi connectivity index (χ3v) is 4.97. The molecule has 0 saturated carbocycles. The maximum absolute atomic E-state index is 12.6. The van der Waals surface area contributed by atoms with E-state index >= 15 is 0 Å². The molecule has 0 aliphatic carbocycles. The number of anilines is 3. The first-order valence-electron chi connectivity index (χ1n) is 8.71. The van der Waals surface area contributed by atoms with Crippen LogP contribution in [0.25, 0.3) is 11.0 Å². The van der Waals surface area contributed by atoms with Crippen molar-refractivity contribution in [2.45, 2.75) is 13.8 Å². The quantitative estimate of drug-likeness (QED) is 0.747. The summed E-state index contributed by atoms with van der Waals surface area (Å²) in [6, 6.07) is 9.20. The van der Waals surface area contributed by atoms with Gasteiger partial charge in [0.2, 0.25) is 0 Å². The summed E-state index contributed by atoms with van der Waals surface area (Å²) < 4.78 is 3.17. The Morgan fingerprint density at radius 2 is 1.56 bits per heavy atom. The number of rotatable bonds is 3. The number of nitrogens with one attached hydrogen (secondary N) is 2. The number of carbonyl (C=O) groups excluding carboxylic acids is 1. The van der Waals surface area contributed by atoms with E-state index in [4.69, 9.17) is 0 Å². The average molecular weight is 367 g/mol. The van der Waals surface area contributed by atoms with Crippen molar-refractivity contribution in [3.8, 4) is 0 Å². The minimum Gasteiger partial charge on any atom is -0.376 e. The zero-order valence-electron chi connectivity index (χ0n) is 16.5. The van der Waals surface area contributed by atoms with Crippen molar-refractivity contribution < 1.29 is 4.79 Å². The Morgan fingerprint density at radius 3 is 2.19 bits per heavy atom. The minimum absolute atomic E-state index is 0.105. The first-order valence-corrected chi connectivity index (χ1v) is 8.71. The van der Waals surface area contributed by atoms with Crippen LogP contribution in [-0.4, -0.2) is 29.3 Å². The number of fused-ring (bicyclic) bond motifs is 1. The zero-order chi connectivity index (χ0) is 19.9. The number of imidazole rings is 1. The molecule has 1 heterocycles. The second-order valence-electron chi connectivity index (χ2n) is 6.98. The van der Waals surface area contributed by atoms with Gasteiger partial charge in [0, 0.05) is 33.9 Å². The van der Waals surface area contributed by atoms with Gasteiger partial charge in [-0.25, -0.2) is 9.59 Å². The molecule has 7 heteroatoms. The van der Waals surface area contributed by atoms with Gasteiger partial charge in [0.25, 0.3) is 0 Å². The first-order chi connectivity index (χ1) is 12.7. The highest BCUT2D eigenvalue weighted by molar-refractivity contribution is 6.04. The Labute approximate surface area is 158 Å². The predicted octanol–water partition coefficient (Wildman–Crippen LogP) is 3.20. The highest BCUT2D eigenvalue weighted by atomic mass is 16.2. The van der Waals surface area contributed by atoms with E-state index in [2.05, 4.69) is 10.6 Å². The third-order valence-electron chi connectivity index (χ3n) is 4.97. The van der Waals surface area contributed by atoms with E-state index < -0.39 is 0 Å². The summed E-state index contributed by atoms with van der Waals surface area (Å²) in [4.78, 5) is 26.7. The number of amides is 2. The van der Waals surface area contributed by atoms with E-state index in [1.165, 1.54) is 0 Å². The van der Waals surface area contributed by atoms with Crippen LogP contribution in [0.3, 0.4) is 0 Å². The first kappa shape index (κ1) is 18.6. The molecule has 3 rings (SSSR count). The molecule has 2 N–H and O–H groups in total. The summed E-state index contributed by atoms with van der Waals surface area (Å²) in [5, 5.41) is 5.82. The van der Waals surface area contributed by atoms with Gasteiger partial charge in [-0.1, -0.05) is 12.1 Å². The molecule has 2 amide bonds. The van der Waals surface area contributed by atoms with Crippen LogP contribution in [-0.2, 0) is 14.1 Å². The molecule has 27 heavy (non-hydrogen) atoms. The van der Waals surface area contributed by atoms with Crippen molar-refractivity contribution in [1.29, 1.82) is 0 Å². The van der Waals surface area contributed by atoms with Crippen molar-refractivity contribution >= 4 is 34.1 Å². The molecule has 0 spiro atoms. The smallest absolute Gasteiger partial charge is 0.328 e. The molecule has 0 aliphatic rings. The van der Waals surface area contributed by atoms with Gasteiger partial charge < -0.3 is 15.5 Å². The fourth-order valence-electron chi connectivity index (χ4n) is 3.17. The standard InChI is InChI=1S/C20H25N5O2/c1-12-8-7-9-14(13(12)2)21-19(26)22-15-10-17-18(11-16(15)23(3)4)25(6)20(27)24(17)5/h7-11H,1-6H3,(H2,21,22,26). The Hall–Kier alpha value is -3.22. The van der Waals surface area contributed by atoms with Crippen molar-refractivity contribution in [2.75, 3.05) is 29.6 Å². The SMILES string of the molecule is Cc1cccc(NC(=O)Nc2cc3c(cc2N(C)C)n(C)c(=O)n3C)c1C. The second-order valence-corrected chi connectivity index (χ2v) is 6.98. The van der Waals surface area contributed by atoms with Crippen molar-refractivity contribution in [3.05, 3.63) is 51.9 Å². The Balaban J connectivity index is 1.99. The second kappa shape index (κ2) is 6.83. The maximum atomic E-state index is 12.6. The predicted molar refractivity (Wildman–Crippen MR) is 111 cm³/mol. The lowest BCUT2D eigenvalue weighted by molar-refractivity contribution is 0.262. The van der Waals surface area contributed by atoms with Gasteiger partial charge in [-0.2, -0.15) is 0 Å². The minimum atomic E-state index is -0.327. The highest BCUT2D eigenvalue weighted by Gasteiger charge is 2.16. The topological polar surface area (TPSA) is 71.3 Å². The van der Waals surface area contributed by atoms with Crippen LogP contribution >= 0.6 is 0 Å². The van der Waals surface area contributed by atoms with E-state index in [9.17, 15) is 9.59 Å². The Morgan fingerprint density at radius 1 is 0.963 bits per heavy atom. The zero-order valence-corrected chi connectivity index (χ0v) is 16.5. The number of aromatic nitrogens is 2. The highest BCUT2D eigenvalue weighted by Crippen LogP contribution is 2.30. The lowest BCUT2D eigenvalue weighted by Gasteiger charge is -2.19. The van der Waals surface area contributed by atoms with Crippen LogP contribution < -0.4 is 21.2 Å². The number of benzene rings is 2. The molecule has 0 aliphatic heterocycles.